The average Bonchev–Trinajstić information content (AvgIpc) is 2.14. The fraction of sp³-hybridized carbons (Fsp3) is 0.300. The lowest BCUT2D eigenvalue weighted by Gasteiger charge is -2.05. The summed E-state index contributed by atoms with van der Waals surface area (Å²) in [5.74, 6) is -0.911. The Balaban J connectivity index is 2.98. The summed E-state index contributed by atoms with van der Waals surface area (Å²) in [6.45, 7) is 1.77. The summed E-state index contributed by atoms with van der Waals surface area (Å²) in [5, 5.41) is 0.0658. The van der Waals surface area contributed by atoms with Crippen LogP contribution in [0.1, 0.15) is 11.1 Å². The molecule has 1 aromatic carbocycles. The summed E-state index contributed by atoms with van der Waals surface area (Å²) in [4.78, 5) is 11.0. The van der Waals surface area contributed by atoms with Crippen LogP contribution >= 0.6 is 11.6 Å². The lowest BCUT2D eigenvalue weighted by Crippen LogP contribution is -2.06. The Labute approximate surface area is 86.6 Å². The summed E-state index contributed by atoms with van der Waals surface area (Å²) in [7, 11) is 1.30. The van der Waals surface area contributed by atoms with Crippen molar-refractivity contribution in [3.63, 3.8) is 0 Å². The van der Waals surface area contributed by atoms with Crippen LogP contribution in [0.25, 0.3) is 0 Å². The molecule has 0 atom stereocenters. The van der Waals surface area contributed by atoms with Crippen LogP contribution in [0.2, 0.25) is 5.02 Å². The zero-order chi connectivity index (χ0) is 10.7. The van der Waals surface area contributed by atoms with Crippen molar-refractivity contribution in [2.75, 3.05) is 7.11 Å². The van der Waals surface area contributed by atoms with Gasteiger partial charge in [-0.25, -0.2) is 4.39 Å². The summed E-state index contributed by atoms with van der Waals surface area (Å²) in [6.07, 6.45) is 0.0659. The maximum Gasteiger partial charge on any atom is 0.309 e. The Kier molecular flexibility index (Phi) is 3.47. The van der Waals surface area contributed by atoms with E-state index in [0.29, 0.717) is 5.56 Å². The maximum absolute atomic E-state index is 13.0. The smallest absolute Gasteiger partial charge is 0.309 e. The summed E-state index contributed by atoms with van der Waals surface area (Å²) < 4.78 is 17.5. The van der Waals surface area contributed by atoms with Gasteiger partial charge in [-0.15, -0.1) is 0 Å². The minimum Gasteiger partial charge on any atom is -0.469 e. The second kappa shape index (κ2) is 4.42. The van der Waals surface area contributed by atoms with E-state index in [1.54, 1.807) is 6.92 Å². The van der Waals surface area contributed by atoms with E-state index in [2.05, 4.69) is 4.74 Å². The monoisotopic (exact) mass is 216 g/mol. The van der Waals surface area contributed by atoms with E-state index in [-0.39, 0.29) is 11.4 Å². The molecule has 0 spiro atoms. The molecule has 14 heavy (non-hydrogen) atoms. The van der Waals surface area contributed by atoms with Gasteiger partial charge in [0.25, 0.3) is 0 Å². The normalized spacial score (nSPS) is 10.0. The van der Waals surface area contributed by atoms with Crippen molar-refractivity contribution in [2.24, 2.45) is 0 Å². The third-order valence-electron chi connectivity index (χ3n) is 1.94. The van der Waals surface area contributed by atoms with Crippen molar-refractivity contribution in [1.82, 2.24) is 0 Å². The molecule has 1 rings (SSSR count). The van der Waals surface area contributed by atoms with E-state index in [0.717, 1.165) is 5.56 Å². The molecular weight excluding hydrogens is 207 g/mol. The van der Waals surface area contributed by atoms with Crippen LogP contribution in [0.15, 0.2) is 12.1 Å². The third-order valence-corrected chi connectivity index (χ3v) is 2.23. The molecule has 0 saturated carbocycles. The van der Waals surface area contributed by atoms with E-state index < -0.39 is 11.8 Å². The molecular formula is C10H10ClFO2. The standard InChI is InChI=1S/C10H10ClFO2/c1-6-3-8(11)9(12)4-7(6)5-10(13)14-2/h3-4H,5H2,1-2H3. The molecule has 0 saturated heterocycles. The molecule has 0 heterocycles. The van der Waals surface area contributed by atoms with Crippen LogP contribution < -0.4 is 0 Å². The zero-order valence-corrected chi connectivity index (χ0v) is 8.69. The minimum absolute atomic E-state index is 0.0658. The highest BCUT2D eigenvalue weighted by molar-refractivity contribution is 6.30. The molecule has 0 unspecified atom stereocenters. The van der Waals surface area contributed by atoms with Crippen LogP contribution in [0.4, 0.5) is 4.39 Å². The van der Waals surface area contributed by atoms with Gasteiger partial charge in [0.15, 0.2) is 0 Å². The molecule has 0 aromatic heterocycles. The largest absolute Gasteiger partial charge is 0.469 e. The first-order valence-electron chi connectivity index (χ1n) is 4.06. The average molecular weight is 217 g/mol. The Bertz CT molecular complexity index is 363. The van der Waals surface area contributed by atoms with Crippen molar-refractivity contribution in [2.45, 2.75) is 13.3 Å². The topological polar surface area (TPSA) is 26.3 Å². The van der Waals surface area contributed by atoms with Crippen molar-refractivity contribution in [3.05, 3.63) is 34.1 Å². The van der Waals surface area contributed by atoms with Crippen LogP contribution in [0, 0.1) is 12.7 Å². The number of rotatable bonds is 2. The predicted molar refractivity (Wildman–Crippen MR) is 51.9 cm³/mol. The Morgan fingerprint density at radius 1 is 1.57 bits per heavy atom. The Morgan fingerprint density at radius 2 is 2.21 bits per heavy atom. The van der Waals surface area contributed by atoms with Crippen LogP contribution in [0.3, 0.4) is 0 Å². The fourth-order valence-corrected chi connectivity index (χ4v) is 1.32. The predicted octanol–water partition coefficient (Wildman–Crippen LogP) is 2.50. The fourth-order valence-electron chi connectivity index (χ4n) is 1.11. The first-order chi connectivity index (χ1) is 6.54. The Morgan fingerprint density at radius 3 is 2.79 bits per heavy atom. The molecule has 0 aliphatic heterocycles. The third kappa shape index (κ3) is 2.45. The molecule has 0 bridgehead atoms. The molecule has 0 aliphatic carbocycles. The van der Waals surface area contributed by atoms with Gasteiger partial charge in [-0.1, -0.05) is 11.6 Å². The summed E-state index contributed by atoms with van der Waals surface area (Å²) >= 11 is 5.57. The van der Waals surface area contributed by atoms with Gasteiger partial charge in [0.05, 0.1) is 18.6 Å². The number of methoxy groups -OCH3 is 1. The number of aryl methyl sites for hydroxylation is 1. The lowest BCUT2D eigenvalue weighted by atomic mass is 10.1. The van der Waals surface area contributed by atoms with Gasteiger partial charge in [0, 0.05) is 0 Å². The first-order valence-corrected chi connectivity index (χ1v) is 4.43. The first kappa shape index (κ1) is 11.0. The number of halogens is 2. The molecule has 0 fully saturated rings. The molecule has 0 amide bonds. The number of carbonyl (C=O) groups is 1. The van der Waals surface area contributed by atoms with E-state index in [4.69, 9.17) is 11.6 Å². The van der Waals surface area contributed by atoms with Gasteiger partial charge in [-0.05, 0) is 30.2 Å². The Hall–Kier alpha value is -1.09. The number of hydrogen-bond acceptors (Lipinski definition) is 2. The second-order valence-corrected chi connectivity index (χ2v) is 3.35. The van der Waals surface area contributed by atoms with Gasteiger partial charge < -0.3 is 4.74 Å². The molecule has 76 valence electrons. The highest BCUT2D eigenvalue weighted by atomic mass is 35.5. The van der Waals surface area contributed by atoms with Crippen molar-refractivity contribution in [1.29, 1.82) is 0 Å². The molecule has 0 radical (unpaired) electrons. The second-order valence-electron chi connectivity index (χ2n) is 2.95. The van der Waals surface area contributed by atoms with E-state index in [1.807, 2.05) is 0 Å². The zero-order valence-electron chi connectivity index (χ0n) is 7.93. The van der Waals surface area contributed by atoms with Crippen molar-refractivity contribution >= 4 is 17.6 Å². The van der Waals surface area contributed by atoms with Gasteiger partial charge in [0.2, 0.25) is 0 Å². The summed E-state index contributed by atoms with van der Waals surface area (Å²) in [5.41, 5.74) is 1.38. The number of hydrogen-bond donors (Lipinski definition) is 0. The quantitative estimate of drug-likeness (QED) is 0.710. The van der Waals surface area contributed by atoms with Crippen LogP contribution in [-0.4, -0.2) is 13.1 Å². The number of benzene rings is 1. The lowest BCUT2D eigenvalue weighted by molar-refractivity contribution is -0.139. The molecule has 1 aromatic rings. The molecule has 0 aliphatic rings. The maximum atomic E-state index is 13.0. The van der Waals surface area contributed by atoms with E-state index in [1.165, 1.54) is 19.2 Å². The SMILES string of the molecule is COC(=O)Cc1cc(F)c(Cl)cc1C. The number of carbonyl (C=O) groups excluding carboxylic acids is 1. The number of esters is 1. The highest BCUT2D eigenvalue weighted by Gasteiger charge is 2.09. The van der Waals surface area contributed by atoms with Crippen LogP contribution in [-0.2, 0) is 16.0 Å². The van der Waals surface area contributed by atoms with Crippen molar-refractivity contribution in [3.8, 4) is 0 Å². The van der Waals surface area contributed by atoms with Crippen LogP contribution in [0.5, 0.6) is 0 Å². The molecule has 2 nitrogen and oxygen atoms in total. The molecule has 4 heteroatoms. The summed E-state index contributed by atoms with van der Waals surface area (Å²) in [6, 6.07) is 2.75. The van der Waals surface area contributed by atoms with E-state index >= 15 is 0 Å². The van der Waals surface area contributed by atoms with Gasteiger partial charge in [0.1, 0.15) is 5.82 Å². The van der Waals surface area contributed by atoms with Crippen molar-refractivity contribution < 1.29 is 13.9 Å². The highest BCUT2D eigenvalue weighted by Crippen LogP contribution is 2.20. The van der Waals surface area contributed by atoms with Gasteiger partial charge in [-0.3, -0.25) is 4.79 Å². The number of ether oxygens (including phenoxy) is 1. The minimum atomic E-state index is -0.517. The van der Waals surface area contributed by atoms with E-state index in [9.17, 15) is 9.18 Å². The van der Waals surface area contributed by atoms with Gasteiger partial charge >= 0.3 is 5.97 Å². The molecule has 0 N–H and O–H groups in total. The van der Waals surface area contributed by atoms with Gasteiger partial charge in [-0.2, -0.15) is 0 Å².